The van der Waals surface area contributed by atoms with Crippen LogP contribution < -0.4 is 10.2 Å². The number of aromatic nitrogens is 2. The van der Waals surface area contributed by atoms with Crippen LogP contribution >= 0.6 is 46.5 Å². The molecule has 0 radical (unpaired) electrons. The van der Waals surface area contributed by atoms with Gasteiger partial charge in [0.1, 0.15) is 0 Å². The fourth-order valence-electron chi connectivity index (χ4n) is 1.21. The summed E-state index contributed by atoms with van der Waals surface area (Å²) < 4.78 is 12.6. The van der Waals surface area contributed by atoms with Crippen LogP contribution in [-0.4, -0.2) is 8.75 Å². The Bertz CT molecular complexity index is 637. The molecule has 1 aromatic heterocycles. The maximum absolute atomic E-state index is 11.6. The Kier molecular flexibility index (Phi) is 4.07. The molecule has 0 saturated heterocycles. The molecule has 2 rings (SSSR count). The van der Waals surface area contributed by atoms with Gasteiger partial charge in [0.15, 0.2) is 10.9 Å². The van der Waals surface area contributed by atoms with E-state index in [0.29, 0.717) is 10.0 Å². The Balaban J connectivity index is 2.47. The van der Waals surface area contributed by atoms with E-state index in [1.165, 1.54) is 0 Å². The maximum atomic E-state index is 11.6. The molecule has 2 aromatic rings. The first-order valence-electron chi connectivity index (χ1n) is 4.65. The predicted octanol–water partition coefficient (Wildman–Crippen LogP) is 3.96. The summed E-state index contributed by atoms with van der Waals surface area (Å²) in [4.78, 5) is 11.6. The van der Waals surface area contributed by atoms with Crippen molar-refractivity contribution >= 4 is 46.5 Å². The Labute approximate surface area is 121 Å². The van der Waals surface area contributed by atoms with Crippen LogP contribution in [0.1, 0.15) is 5.56 Å². The topological polar surface area (TPSA) is 52.1 Å². The van der Waals surface area contributed by atoms with Crippen molar-refractivity contribution < 1.29 is 4.74 Å². The van der Waals surface area contributed by atoms with E-state index in [9.17, 15) is 4.79 Å². The summed E-state index contributed by atoms with van der Waals surface area (Å²) in [6.45, 7) is 1.84. The lowest BCUT2D eigenvalue weighted by atomic mass is 10.2. The molecule has 94 valence electrons. The van der Waals surface area contributed by atoms with Gasteiger partial charge in [0.05, 0.1) is 21.8 Å². The number of nitrogens with zero attached hydrogens (tertiary/aromatic N) is 2. The molecule has 0 aliphatic rings. The van der Waals surface area contributed by atoms with Gasteiger partial charge in [-0.2, -0.15) is 4.37 Å². The molecule has 4 nitrogen and oxygen atoms in total. The van der Waals surface area contributed by atoms with Crippen molar-refractivity contribution in [2.45, 2.75) is 6.92 Å². The highest BCUT2D eigenvalue weighted by molar-refractivity contribution is 6.99. The highest BCUT2D eigenvalue weighted by Crippen LogP contribution is 2.36. The smallest absolute Gasteiger partial charge is 0.283 e. The molecular formula is C10H5Cl3N2O2S. The van der Waals surface area contributed by atoms with Gasteiger partial charge in [-0.05, 0) is 24.6 Å². The van der Waals surface area contributed by atoms with Crippen molar-refractivity contribution in [2.75, 3.05) is 0 Å². The second-order valence-electron chi connectivity index (χ2n) is 3.35. The van der Waals surface area contributed by atoms with Gasteiger partial charge in [-0.25, -0.2) is 0 Å². The van der Waals surface area contributed by atoms with E-state index in [4.69, 9.17) is 39.5 Å². The van der Waals surface area contributed by atoms with Crippen molar-refractivity contribution in [1.29, 1.82) is 0 Å². The zero-order chi connectivity index (χ0) is 13.3. The summed E-state index contributed by atoms with van der Waals surface area (Å²) in [6, 6.07) is 3.33. The first-order chi connectivity index (χ1) is 8.49. The molecule has 0 N–H and O–H groups in total. The predicted molar refractivity (Wildman–Crippen MR) is 72.5 cm³/mol. The van der Waals surface area contributed by atoms with Crippen molar-refractivity contribution in [2.24, 2.45) is 0 Å². The lowest BCUT2D eigenvalue weighted by Crippen LogP contribution is -2.08. The van der Waals surface area contributed by atoms with Gasteiger partial charge in [0, 0.05) is 0 Å². The molecule has 0 saturated carbocycles. The molecular weight excluding hydrogens is 319 g/mol. The second kappa shape index (κ2) is 5.40. The van der Waals surface area contributed by atoms with E-state index in [-0.39, 0.29) is 16.8 Å². The number of ether oxygens (including phenoxy) is 1. The van der Waals surface area contributed by atoms with E-state index in [0.717, 1.165) is 17.3 Å². The summed E-state index contributed by atoms with van der Waals surface area (Å²) >= 11 is 18.3. The normalized spacial score (nSPS) is 10.4. The van der Waals surface area contributed by atoms with Crippen LogP contribution in [0.4, 0.5) is 0 Å². The third-order valence-electron chi connectivity index (χ3n) is 1.97. The second-order valence-corrected chi connectivity index (χ2v) is 5.05. The van der Waals surface area contributed by atoms with Crippen LogP contribution in [0.5, 0.6) is 11.6 Å². The quantitative estimate of drug-likeness (QED) is 0.839. The molecule has 1 aromatic carbocycles. The Morgan fingerprint density at radius 2 is 1.78 bits per heavy atom. The van der Waals surface area contributed by atoms with Crippen molar-refractivity contribution in [1.82, 2.24) is 8.75 Å². The van der Waals surface area contributed by atoms with Gasteiger partial charge in [-0.15, -0.1) is 4.37 Å². The average molecular weight is 324 g/mol. The molecule has 0 atom stereocenters. The fraction of sp³-hybridized carbons (Fsp3) is 0.100. The third kappa shape index (κ3) is 2.75. The zero-order valence-corrected chi connectivity index (χ0v) is 12.0. The molecule has 0 unspecified atom stereocenters. The monoisotopic (exact) mass is 322 g/mol. The Morgan fingerprint density at radius 3 is 2.39 bits per heavy atom. The molecule has 0 amide bonds. The fourth-order valence-corrected chi connectivity index (χ4v) is 2.45. The number of benzene rings is 1. The molecule has 0 aliphatic carbocycles. The molecule has 18 heavy (non-hydrogen) atoms. The summed E-state index contributed by atoms with van der Waals surface area (Å²) in [7, 11) is 0. The first kappa shape index (κ1) is 13.5. The number of rotatable bonds is 2. The van der Waals surface area contributed by atoms with Crippen LogP contribution in [0.25, 0.3) is 0 Å². The van der Waals surface area contributed by atoms with E-state index >= 15 is 0 Å². The zero-order valence-electron chi connectivity index (χ0n) is 8.91. The van der Waals surface area contributed by atoms with Crippen LogP contribution in [0.3, 0.4) is 0 Å². The summed E-state index contributed by atoms with van der Waals surface area (Å²) in [6.07, 6.45) is 0. The Morgan fingerprint density at radius 1 is 1.17 bits per heavy atom. The van der Waals surface area contributed by atoms with Gasteiger partial charge in [0.25, 0.3) is 11.3 Å². The molecule has 1 heterocycles. The minimum atomic E-state index is -0.608. The number of aryl methyl sites for hydroxylation is 1. The van der Waals surface area contributed by atoms with E-state index < -0.39 is 5.43 Å². The highest BCUT2D eigenvalue weighted by atomic mass is 35.5. The summed E-state index contributed by atoms with van der Waals surface area (Å²) in [5, 5.41) is 0.377. The number of halogens is 3. The lowest BCUT2D eigenvalue weighted by molar-refractivity contribution is 0.462. The van der Waals surface area contributed by atoms with Gasteiger partial charge in [-0.1, -0.05) is 34.8 Å². The molecule has 0 spiro atoms. The molecule has 0 aliphatic heterocycles. The molecule has 0 fully saturated rings. The molecule has 0 bridgehead atoms. The van der Waals surface area contributed by atoms with Crippen molar-refractivity contribution in [3.63, 3.8) is 0 Å². The van der Waals surface area contributed by atoms with E-state index in [2.05, 4.69) is 8.75 Å². The average Bonchev–Trinajstić information content (AvgIpc) is 2.28. The van der Waals surface area contributed by atoms with Crippen LogP contribution in [0.2, 0.25) is 15.2 Å². The van der Waals surface area contributed by atoms with Gasteiger partial charge in [0.2, 0.25) is 0 Å². The third-order valence-corrected chi connectivity index (χ3v) is 3.40. The lowest BCUT2D eigenvalue weighted by Gasteiger charge is -2.08. The van der Waals surface area contributed by atoms with Crippen molar-refractivity contribution in [3.05, 3.63) is 43.1 Å². The first-order valence-corrected chi connectivity index (χ1v) is 6.51. The number of hydrogen-bond acceptors (Lipinski definition) is 5. The largest absolute Gasteiger partial charge is 0.432 e. The maximum Gasteiger partial charge on any atom is 0.283 e. The highest BCUT2D eigenvalue weighted by Gasteiger charge is 2.14. The minimum absolute atomic E-state index is 0.169. The van der Waals surface area contributed by atoms with Gasteiger partial charge >= 0.3 is 0 Å². The van der Waals surface area contributed by atoms with Crippen molar-refractivity contribution in [3.8, 4) is 11.6 Å². The molecule has 8 heteroatoms. The van der Waals surface area contributed by atoms with Crippen LogP contribution in [-0.2, 0) is 0 Å². The van der Waals surface area contributed by atoms with Gasteiger partial charge < -0.3 is 4.74 Å². The van der Waals surface area contributed by atoms with E-state index in [1.54, 1.807) is 12.1 Å². The van der Waals surface area contributed by atoms with E-state index in [1.807, 2.05) is 6.92 Å². The van der Waals surface area contributed by atoms with Gasteiger partial charge in [-0.3, -0.25) is 4.79 Å². The SMILES string of the molecule is Cc1cc(Cl)c(Oc2nsnc(Cl)c2=O)c(Cl)c1. The van der Waals surface area contributed by atoms with Crippen LogP contribution in [0.15, 0.2) is 16.9 Å². The minimum Gasteiger partial charge on any atom is -0.432 e. The van der Waals surface area contributed by atoms with Crippen LogP contribution in [0, 0.1) is 6.92 Å². The summed E-state index contributed by atoms with van der Waals surface area (Å²) in [5.41, 5.74) is 0.270. The standard InChI is InChI=1S/C10H5Cl3N2O2S/c1-4-2-5(11)8(6(12)3-4)17-10-7(16)9(13)14-18-15-10/h2-3H,1H3. The Hall–Kier alpha value is -0.880. The number of hydrogen-bond donors (Lipinski definition) is 0. The summed E-state index contributed by atoms with van der Waals surface area (Å²) in [5.74, 6) is -0.0318.